The molecule has 3 nitrogen and oxygen atoms in total. The van der Waals surface area contributed by atoms with E-state index in [4.69, 9.17) is 9.97 Å². The van der Waals surface area contributed by atoms with Gasteiger partial charge in [0.1, 0.15) is 0 Å². The summed E-state index contributed by atoms with van der Waals surface area (Å²) in [5.41, 5.74) is 12.2. The van der Waals surface area contributed by atoms with E-state index in [-0.39, 0.29) is 0 Å². The van der Waals surface area contributed by atoms with Crippen LogP contribution in [-0.4, -0.2) is 14.5 Å². The third-order valence-corrected chi connectivity index (χ3v) is 11.8. The molecule has 3 heterocycles. The second kappa shape index (κ2) is 12.4. The van der Waals surface area contributed by atoms with E-state index in [2.05, 4.69) is 180 Å². The minimum atomic E-state index is 0.719. The van der Waals surface area contributed by atoms with E-state index in [1.54, 1.807) is 0 Å². The zero-order valence-electron chi connectivity index (χ0n) is 29.1. The van der Waals surface area contributed by atoms with Gasteiger partial charge in [-0.05, 0) is 70.8 Å². The first-order valence-corrected chi connectivity index (χ1v) is 19.1. The number of nitrogens with zero attached hydrogens (tertiary/aromatic N) is 3. The van der Waals surface area contributed by atoms with Gasteiger partial charge in [-0.3, -0.25) is 0 Å². The number of hydrogen-bond acceptors (Lipinski definition) is 3. The zero-order valence-corrected chi connectivity index (χ0v) is 30.0. The fourth-order valence-electron chi connectivity index (χ4n) is 7.96. The van der Waals surface area contributed by atoms with Gasteiger partial charge in [0.15, 0.2) is 5.82 Å². The highest BCUT2D eigenvalue weighted by molar-refractivity contribution is 7.25. The number of thiophene rings is 1. The van der Waals surface area contributed by atoms with Gasteiger partial charge in [-0.15, -0.1) is 11.3 Å². The average Bonchev–Trinajstić information content (AvgIpc) is 3.77. The zero-order chi connectivity index (χ0) is 35.6. The van der Waals surface area contributed by atoms with Crippen molar-refractivity contribution in [3.05, 3.63) is 188 Å². The van der Waals surface area contributed by atoms with Crippen LogP contribution in [0.1, 0.15) is 0 Å². The van der Waals surface area contributed by atoms with E-state index < -0.39 is 0 Å². The predicted octanol–water partition coefficient (Wildman–Crippen LogP) is 13.8. The van der Waals surface area contributed by atoms with E-state index in [1.165, 1.54) is 58.7 Å². The Kier molecular flexibility index (Phi) is 7.04. The standard InChI is InChI=1S/C50H31N3S/c1-3-11-32(12-4-1)33-19-23-35(24-20-33)49-40-16-7-9-17-44(40)51-50(52-49)36-25-21-34(22-26-36)37-27-28-45-41(29-37)42-31-48-43(39-15-8-10-18-47(39)54-48)30-46(42)53(45)38-13-5-2-6-14-38/h1-31H. The molecule has 11 rings (SSSR count). The molecule has 0 spiro atoms. The van der Waals surface area contributed by atoms with Crippen LogP contribution in [0, 0.1) is 0 Å². The fourth-order valence-corrected chi connectivity index (χ4v) is 9.09. The molecule has 0 saturated carbocycles. The van der Waals surface area contributed by atoms with Crippen LogP contribution in [0.3, 0.4) is 0 Å². The molecule has 3 aromatic heterocycles. The number of hydrogen-bond donors (Lipinski definition) is 0. The van der Waals surface area contributed by atoms with Crippen molar-refractivity contribution in [1.82, 2.24) is 14.5 Å². The summed E-state index contributed by atoms with van der Waals surface area (Å²) >= 11 is 1.87. The number of aromatic nitrogens is 3. The molecule has 0 radical (unpaired) electrons. The van der Waals surface area contributed by atoms with Crippen molar-refractivity contribution in [3.8, 4) is 50.6 Å². The lowest BCUT2D eigenvalue weighted by Crippen LogP contribution is -1.95. The highest BCUT2D eigenvalue weighted by Crippen LogP contribution is 2.42. The van der Waals surface area contributed by atoms with Gasteiger partial charge in [-0.2, -0.15) is 0 Å². The van der Waals surface area contributed by atoms with Crippen molar-refractivity contribution in [2.24, 2.45) is 0 Å². The molecule has 252 valence electrons. The SMILES string of the molecule is c1ccc(-c2ccc(-c3nc(-c4ccc(-c5ccc6c(c5)c5cc7sc8ccccc8c7cc5n6-c5ccccc5)cc4)nc4ccccc34)cc2)cc1. The summed E-state index contributed by atoms with van der Waals surface area (Å²) in [6.07, 6.45) is 0. The molecule has 0 bridgehead atoms. The van der Waals surface area contributed by atoms with Gasteiger partial charge in [0, 0.05) is 53.1 Å². The summed E-state index contributed by atoms with van der Waals surface area (Å²) in [6.45, 7) is 0. The molecule has 0 atom stereocenters. The van der Waals surface area contributed by atoms with Crippen molar-refractivity contribution in [2.75, 3.05) is 0 Å². The Morgan fingerprint density at radius 3 is 1.74 bits per heavy atom. The Hall–Kier alpha value is -6.88. The van der Waals surface area contributed by atoms with Gasteiger partial charge >= 0.3 is 0 Å². The first-order chi connectivity index (χ1) is 26.7. The van der Waals surface area contributed by atoms with E-state index >= 15 is 0 Å². The summed E-state index contributed by atoms with van der Waals surface area (Å²) in [6, 6.07) is 67.3. The van der Waals surface area contributed by atoms with Gasteiger partial charge in [-0.1, -0.05) is 140 Å². The minimum absolute atomic E-state index is 0.719. The molecule has 8 aromatic carbocycles. The lowest BCUT2D eigenvalue weighted by molar-refractivity contribution is 1.18. The monoisotopic (exact) mass is 705 g/mol. The number of benzene rings is 8. The molecule has 54 heavy (non-hydrogen) atoms. The number of rotatable bonds is 5. The Balaban J connectivity index is 1.01. The molecule has 4 heteroatoms. The predicted molar refractivity (Wildman–Crippen MR) is 229 cm³/mol. The molecule has 0 aliphatic heterocycles. The summed E-state index contributed by atoms with van der Waals surface area (Å²) in [7, 11) is 0. The highest BCUT2D eigenvalue weighted by Gasteiger charge is 2.17. The van der Waals surface area contributed by atoms with Gasteiger partial charge in [0.05, 0.1) is 22.2 Å². The van der Waals surface area contributed by atoms with Crippen LogP contribution in [0.5, 0.6) is 0 Å². The van der Waals surface area contributed by atoms with Crippen LogP contribution in [0.15, 0.2) is 188 Å². The molecular weight excluding hydrogens is 675 g/mol. The normalized spacial score (nSPS) is 11.7. The maximum Gasteiger partial charge on any atom is 0.160 e. The maximum atomic E-state index is 5.18. The second-order valence-electron chi connectivity index (χ2n) is 13.8. The first-order valence-electron chi connectivity index (χ1n) is 18.2. The molecule has 0 amide bonds. The molecule has 0 unspecified atom stereocenters. The van der Waals surface area contributed by atoms with Crippen molar-refractivity contribution in [2.45, 2.75) is 0 Å². The lowest BCUT2D eigenvalue weighted by Gasteiger charge is -2.11. The second-order valence-corrected chi connectivity index (χ2v) is 14.9. The van der Waals surface area contributed by atoms with E-state index in [0.717, 1.165) is 44.8 Å². The van der Waals surface area contributed by atoms with Crippen LogP contribution < -0.4 is 0 Å². The molecular formula is C50H31N3S. The van der Waals surface area contributed by atoms with E-state index in [1.807, 2.05) is 23.5 Å². The molecule has 0 saturated heterocycles. The number of para-hydroxylation sites is 2. The van der Waals surface area contributed by atoms with Gasteiger partial charge < -0.3 is 4.57 Å². The van der Waals surface area contributed by atoms with Gasteiger partial charge in [0.25, 0.3) is 0 Å². The topological polar surface area (TPSA) is 30.7 Å². The Morgan fingerprint density at radius 1 is 0.352 bits per heavy atom. The minimum Gasteiger partial charge on any atom is -0.309 e. The van der Waals surface area contributed by atoms with Crippen LogP contribution in [-0.2, 0) is 0 Å². The van der Waals surface area contributed by atoms with E-state index in [0.29, 0.717) is 0 Å². The molecule has 0 aliphatic rings. The summed E-state index contributed by atoms with van der Waals surface area (Å²) < 4.78 is 5.04. The lowest BCUT2D eigenvalue weighted by atomic mass is 10.00. The van der Waals surface area contributed by atoms with Crippen molar-refractivity contribution in [1.29, 1.82) is 0 Å². The average molecular weight is 706 g/mol. The first kappa shape index (κ1) is 30.7. The maximum absolute atomic E-state index is 5.18. The summed E-state index contributed by atoms with van der Waals surface area (Å²) in [5, 5.41) is 6.17. The summed E-state index contributed by atoms with van der Waals surface area (Å²) in [4.78, 5) is 10.2. The van der Waals surface area contributed by atoms with Crippen molar-refractivity contribution in [3.63, 3.8) is 0 Å². The third-order valence-electron chi connectivity index (χ3n) is 10.6. The van der Waals surface area contributed by atoms with Crippen LogP contribution in [0.2, 0.25) is 0 Å². The van der Waals surface area contributed by atoms with Crippen molar-refractivity contribution >= 4 is 64.2 Å². The Morgan fingerprint density at radius 2 is 0.944 bits per heavy atom. The molecule has 0 fully saturated rings. The molecule has 11 aromatic rings. The number of fused-ring (bicyclic) bond motifs is 7. The highest BCUT2D eigenvalue weighted by atomic mass is 32.1. The largest absolute Gasteiger partial charge is 0.309 e. The fraction of sp³-hybridized carbons (Fsp3) is 0. The third kappa shape index (κ3) is 5.03. The summed E-state index contributed by atoms with van der Waals surface area (Å²) in [5.74, 6) is 0.719. The van der Waals surface area contributed by atoms with Gasteiger partial charge in [0.2, 0.25) is 0 Å². The van der Waals surface area contributed by atoms with Crippen LogP contribution >= 0.6 is 11.3 Å². The van der Waals surface area contributed by atoms with E-state index in [9.17, 15) is 0 Å². The Labute approximate surface area is 316 Å². The quantitative estimate of drug-likeness (QED) is 0.178. The Bertz CT molecular complexity index is 3180. The van der Waals surface area contributed by atoms with Crippen molar-refractivity contribution < 1.29 is 0 Å². The smallest absolute Gasteiger partial charge is 0.160 e. The van der Waals surface area contributed by atoms with Crippen LogP contribution in [0.4, 0.5) is 0 Å². The molecule has 0 N–H and O–H groups in total. The van der Waals surface area contributed by atoms with Crippen LogP contribution in [0.25, 0.3) is 103 Å². The molecule has 0 aliphatic carbocycles. The van der Waals surface area contributed by atoms with Gasteiger partial charge in [-0.25, -0.2) is 9.97 Å².